The molecule has 0 unspecified atom stereocenters. The number of amides is 1. The van der Waals surface area contributed by atoms with Crippen LogP contribution in [0.15, 0.2) is 54.9 Å². The largest absolute Gasteiger partial charge is 0.347 e. The number of anilines is 2. The maximum absolute atomic E-state index is 12.5. The number of benzene rings is 1. The van der Waals surface area contributed by atoms with Gasteiger partial charge in [0.1, 0.15) is 5.69 Å². The number of carbonyl (C=O) groups excluding carboxylic acids is 1. The molecule has 1 aromatic carbocycles. The minimum absolute atomic E-state index is 0.238. The van der Waals surface area contributed by atoms with Crippen molar-refractivity contribution in [1.29, 1.82) is 0 Å². The van der Waals surface area contributed by atoms with E-state index < -0.39 is 0 Å². The molecule has 27 heavy (non-hydrogen) atoms. The Balaban J connectivity index is 1.77. The Morgan fingerprint density at radius 3 is 2.56 bits per heavy atom. The molecule has 0 aliphatic rings. The summed E-state index contributed by atoms with van der Waals surface area (Å²) in [4.78, 5) is 25.3. The first-order chi connectivity index (χ1) is 13.0. The Kier molecular flexibility index (Phi) is 5.76. The molecule has 2 heterocycles. The monoisotopic (exact) mass is 361 g/mol. The van der Waals surface area contributed by atoms with E-state index in [0.717, 1.165) is 16.9 Å². The van der Waals surface area contributed by atoms with Gasteiger partial charge in [-0.15, -0.1) is 0 Å². The molecule has 0 bridgehead atoms. The zero-order valence-corrected chi connectivity index (χ0v) is 15.7. The van der Waals surface area contributed by atoms with Gasteiger partial charge in [0.05, 0.1) is 0 Å². The molecule has 2 aromatic heterocycles. The number of carbonyl (C=O) groups is 1. The molecular weight excluding hydrogens is 338 g/mol. The van der Waals surface area contributed by atoms with Crippen LogP contribution < -0.4 is 10.6 Å². The summed E-state index contributed by atoms with van der Waals surface area (Å²) in [5.74, 6) is 0.538. The predicted octanol–water partition coefficient (Wildman–Crippen LogP) is 3.98. The quantitative estimate of drug-likeness (QED) is 0.694. The molecule has 0 atom stereocenters. The molecule has 0 fully saturated rings. The lowest BCUT2D eigenvalue weighted by atomic mass is 10.0. The van der Waals surface area contributed by atoms with Crippen LogP contribution in [0, 0.1) is 6.92 Å². The first-order valence-electron chi connectivity index (χ1n) is 8.91. The topological polar surface area (TPSA) is 79.8 Å². The minimum Gasteiger partial charge on any atom is -0.347 e. The summed E-state index contributed by atoms with van der Waals surface area (Å²) in [6.45, 7) is 6.54. The number of rotatable bonds is 6. The van der Waals surface area contributed by atoms with Crippen molar-refractivity contribution in [2.75, 3.05) is 5.32 Å². The van der Waals surface area contributed by atoms with Crippen molar-refractivity contribution in [3.05, 3.63) is 77.4 Å². The number of nitrogens with one attached hydrogen (secondary N) is 2. The van der Waals surface area contributed by atoms with Gasteiger partial charge < -0.3 is 10.6 Å². The fourth-order valence-electron chi connectivity index (χ4n) is 2.75. The average molecular weight is 361 g/mol. The van der Waals surface area contributed by atoms with Crippen molar-refractivity contribution >= 4 is 17.5 Å². The highest BCUT2D eigenvalue weighted by Gasteiger charge is 2.12. The maximum Gasteiger partial charge on any atom is 0.270 e. The van der Waals surface area contributed by atoms with Gasteiger partial charge >= 0.3 is 0 Å². The lowest BCUT2D eigenvalue weighted by Crippen LogP contribution is -2.24. The summed E-state index contributed by atoms with van der Waals surface area (Å²) < 4.78 is 0. The molecule has 0 spiro atoms. The highest BCUT2D eigenvalue weighted by Crippen LogP contribution is 2.25. The number of pyridine rings is 1. The molecule has 0 aliphatic heterocycles. The standard InChI is InChI=1S/C21H23N5O/c1-14(2)17-6-4-5-7-18(17)25-21-24-15(3)12-19(26-21)20(27)23-13-16-8-10-22-11-9-16/h4-12,14H,13H2,1-3H3,(H,23,27)(H,24,25,26). The van der Waals surface area contributed by atoms with Gasteiger partial charge in [0.2, 0.25) is 5.95 Å². The van der Waals surface area contributed by atoms with Crippen LogP contribution in [0.4, 0.5) is 11.6 Å². The van der Waals surface area contributed by atoms with E-state index in [1.165, 1.54) is 5.56 Å². The molecule has 3 aromatic rings. The zero-order chi connectivity index (χ0) is 19.2. The summed E-state index contributed by atoms with van der Waals surface area (Å²) in [5.41, 5.74) is 4.16. The van der Waals surface area contributed by atoms with Gasteiger partial charge in [0.15, 0.2) is 0 Å². The highest BCUT2D eigenvalue weighted by molar-refractivity contribution is 5.92. The Morgan fingerprint density at radius 2 is 1.81 bits per heavy atom. The third-order valence-corrected chi connectivity index (χ3v) is 4.12. The Bertz CT molecular complexity index is 925. The van der Waals surface area contributed by atoms with E-state index in [0.29, 0.717) is 24.1 Å². The van der Waals surface area contributed by atoms with Crippen molar-refractivity contribution in [3.8, 4) is 0 Å². The Hall–Kier alpha value is -3.28. The third kappa shape index (κ3) is 4.88. The first kappa shape index (κ1) is 18.5. The molecule has 2 N–H and O–H groups in total. The van der Waals surface area contributed by atoms with E-state index in [1.807, 2.05) is 37.3 Å². The van der Waals surface area contributed by atoms with E-state index in [1.54, 1.807) is 18.5 Å². The molecular formula is C21H23N5O. The maximum atomic E-state index is 12.5. The summed E-state index contributed by atoms with van der Waals surface area (Å²) in [6.07, 6.45) is 3.40. The molecule has 0 aliphatic carbocycles. The van der Waals surface area contributed by atoms with Crippen molar-refractivity contribution in [2.45, 2.75) is 33.2 Å². The van der Waals surface area contributed by atoms with E-state index in [-0.39, 0.29) is 5.91 Å². The van der Waals surface area contributed by atoms with Gasteiger partial charge in [-0.25, -0.2) is 9.97 Å². The fourth-order valence-corrected chi connectivity index (χ4v) is 2.75. The average Bonchev–Trinajstić information content (AvgIpc) is 2.66. The van der Waals surface area contributed by atoms with Crippen molar-refractivity contribution in [2.24, 2.45) is 0 Å². The second-order valence-corrected chi connectivity index (χ2v) is 6.62. The lowest BCUT2D eigenvalue weighted by molar-refractivity contribution is 0.0945. The predicted molar refractivity (Wildman–Crippen MR) is 106 cm³/mol. The van der Waals surface area contributed by atoms with Crippen molar-refractivity contribution in [3.63, 3.8) is 0 Å². The third-order valence-electron chi connectivity index (χ3n) is 4.12. The van der Waals surface area contributed by atoms with Crippen molar-refractivity contribution < 1.29 is 4.79 Å². The molecule has 1 amide bonds. The SMILES string of the molecule is Cc1cc(C(=O)NCc2ccncc2)nc(Nc2ccccc2C(C)C)n1. The zero-order valence-electron chi connectivity index (χ0n) is 15.7. The molecule has 3 rings (SSSR count). The number of aryl methyl sites for hydroxylation is 1. The number of nitrogens with zero attached hydrogens (tertiary/aromatic N) is 3. The second-order valence-electron chi connectivity index (χ2n) is 6.62. The van der Waals surface area contributed by atoms with Gasteiger partial charge in [-0.1, -0.05) is 32.0 Å². The molecule has 6 heteroatoms. The van der Waals surface area contributed by atoms with Gasteiger partial charge in [-0.3, -0.25) is 9.78 Å². The van der Waals surface area contributed by atoms with Crippen LogP contribution in [0.2, 0.25) is 0 Å². The fraction of sp³-hybridized carbons (Fsp3) is 0.238. The molecule has 0 saturated heterocycles. The normalized spacial score (nSPS) is 10.7. The number of para-hydroxylation sites is 1. The van der Waals surface area contributed by atoms with Crippen molar-refractivity contribution in [1.82, 2.24) is 20.3 Å². The molecule has 138 valence electrons. The van der Waals surface area contributed by atoms with E-state index in [4.69, 9.17) is 0 Å². The van der Waals surface area contributed by atoms with Gasteiger partial charge in [0.25, 0.3) is 5.91 Å². The van der Waals surface area contributed by atoms with E-state index >= 15 is 0 Å². The Labute approximate surface area is 159 Å². The highest BCUT2D eigenvalue weighted by atomic mass is 16.1. The summed E-state index contributed by atoms with van der Waals surface area (Å²) in [5, 5.41) is 6.13. The van der Waals surface area contributed by atoms with Crippen LogP contribution in [0.25, 0.3) is 0 Å². The lowest BCUT2D eigenvalue weighted by Gasteiger charge is -2.14. The van der Waals surface area contributed by atoms with Crippen LogP contribution >= 0.6 is 0 Å². The van der Waals surface area contributed by atoms with Crippen LogP contribution in [0.3, 0.4) is 0 Å². The number of hydrogen-bond acceptors (Lipinski definition) is 5. The van der Waals surface area contributed by atoms with Gasteiger partial charge in [-0.05, 0) is 48.2 Å². The minimum atomic E-state index is -0.238. The van der Waals surface area contributed by atoms with E-state index in [9.17, 15) is 4.79 Å². The van der Waals surface area contributed by atoms with Crippen LogP contribution in [0.1, 0.15) is 47.1 Å². The molecule has 6 nitrogen and oxygen atoms in total. The smallest absolute Gasteiger partial charge is 0.270 e. The number of aromatic nitrogens is 3. The van der Waals surface area contributed by atoms with Gasteiger partial charge in [0, 0.05) is 30.3 Å². The summed E-state index contributed by atoms with van der Waals surface area (Å²) >= 11 is 0. The first-order valence-corrected chi connectivity index (χ1v) is 8.91. The molecule has 0 radical (unpaired) electrons. The van der Waals surface area contributed by atoms with Crippen LogP contribution in [-0.2, 0) is 6.54 Å². The Morgan fingerprint density at radius 1 is 1.07 bits per heavy atom. The molecule has 0 saturated carbocycles. The van der Waals surface area contributed by atoms with Gasteiger partial charge in [-0.2, -0.15) is 0 Å². The van der Waals surface area contributed by atoms with Crippen LogP contribution in [0.5, 0.6) is 0 Å². The summed E-state index contributed by atoms with van der Waals surface area (Å²) in [6, 6.07) is 13.4. The summed E-state index contributed by atoms with van der Waals surface area (Å²) in [7, 11) is 0. The van der Waals surface area contributed by atoms with E-state index in [2.05, 4.69) is 45.5 Å². The van der Waals surface area contributed by atoms with Crippen LogP contribution in [-0.4, -0.2) is 20.9 Å². The number of hydrogen-bond donors (Lipinski definition) is 2. The second kappa shape index (κ2) is 8.40.